The number of carbonyl (C=O) groups excluding carboxylic acids is 2. The van der Waals surface area contributed by atoms with Crippen LogP contribution in [-0.4, -0.2) is 29.3 Å². The zero-order valence-corrected chi connectivity index (χ0v) is 8.82. The zero-order chi connectivity index (χ0) is 10.7. The van der Waals surface area contributed by atoms with E-state index in [1.807, 2.05) is 13.8 Å². The number of likely N-dealkylation sites (tertiary alicyclic amines) is 1. The van der Waals surface area contributed by atoms with Crippen molar-refractivity contribution in [3.8, 4) is 0 Å². The maximum Gasteiger partial charge on any atom is 0.240 e. The normalized spacial score (nSPS) is 21.6. The number of nitrogens with two attached hydrogens (primary N) is 1. The lowest BCUT2D eigenvalue weighted by Gasteiger charge is -2.22. The third-order valence-corrected chi connectivity index (χ3v) is 2.48. The van der Waals surface area contributed by atoms with Gasteiger partial charge in [-0.25, -0.2) is 0 Å². The van der Waals surface area contributed by atoms with E-state index in [1.165, 1.54) is 0 Å². The third-order valence-electron chi connectivity index (χ3n) is 2.48. The van der Waals surface area contributed by atoms with E-state index < -0.39 is 0 Å². The van der Waals surface area contributed by atoms with Gasteiger partial charge in [0, 0.05) is 13.0 Å². The molecule has 1 saturated heterocycles. The first-order valence-corrected chi connectivity index (χ1v) is 5.11. The van der Waals surface area contributed by atoms with Gasteiger partial charge in [0.1, 0.15) is 6.04 Å². The van der Waals surface area contributed by atoms with Crippen molar-refractivity contribution in [1.29, 1.82) is 0 Å². The van der Waals surface area contributed by atoms with Crippen molar-refractivity contribution < 1.29 is 9.59 Å². The van der Waals surface area contributed by atoms with E-state index in [-0.39, 0.29) is 17.9 Å². The Kier molecular flexibility index (Phi) is 3.49. The van der Waals surface area contributed by atoms with Gasteiger partial charge >= 0.3 is 0 Å². The predicted molar refractivity (Wildman–Crippen MR) is 53.4 cm³/mol. The van der Waals surface area contributed by atoms with Crippen molar-refractivity contribution in [3.63, 3.8) is 0 Å². The Morgan fingerprint density at radius 1 is 1.50 bits per heavy atom. The van der Waals surface area contributed by atoms with Crippen molar-refractivity contribution in [3.05, 3.63) is 0 Å². The molecule has 0 aromatic heterocycles. The number of primary amides is 1. The molecule has 1 rings (SSSR count). The zero-order valence-electron chi connectivity index (χ0n) is 8.82. The fourth-order valence-corrected chi connectivity index (χ4v) is 1.83. The summed E-state index contributed by atoms with van der Waals surface area (Å²) >= 11 is 0. The van der Waals surface area contributed by atoms with Crippen molar-refractivity contribution in [1.82, 2.24) is 4.90 Å². The van der Waals surface area contributed by atoms with Crippen LogP contribution in [-0.2, 0) is 9.59 Å². The van der Waals surface area contributed by atoms with Gasteiger partial charge in [-0.2, -0.15) is 0 Å². The van der Waals surface area contributed by atoms with Gasteiger partial charge in [0.05, 0.1) is 0 Å². The summed E-state index contributed by atoms with van der Waals surface area (Å²) in [4.78, 5) is 24.3. The number of carbonyl (C=O) groups is 2. The van der Waals surface area contributed by atoms with Crippen LogP contribution in [0.5, 0.6) is 0 Å². The maximum atomic E-state index is 11.7. The molecular formula is C10H18N2O2. The molecule has 1 aliphatic rings. The second-order valence-corrected chi connectivity index (χ2v) is 4.25. The molecule has 0 radical (unpaired) electrons. The first-order valence-electron chi connectivity index (χ1n) is 5.11. The van der Waals surface area contributed by atoms with E-state index in [1.54, 1.807) is 4.90 Å². The summed E-state index contributed by atoms with van der Waals surface area (Å²) in [6, 6.07) is -0.360. The Morgan fingerprint density at radius 3 is 2.64 bits per heavy atom. The van der Waals surface area contributed by atoms with Crippen LogP contribution in [0.25, 0.3) is 0 Å². The fraction of sp³-hybridized carbons (Fsp3) is 0.800. The Balaban J connectivity index is 2.58. The lowest BCUT2D eigenvalue weighted by molar-refractivity contribution is -0.137. The molecule has 1 fully saturated rings. The number of rotatable bonds is 3. The molecule has 1 heterocycles. The molecule has 4 nitrogen and oxygen atoms in total. The van der Waals surface area contributed by atoms with E-state index in [4.69, 9.17) is 5.73 Å². The smallest absolute Gasteiger partial charge is 0.240 e. The first kappa shape index (κ1) is 11.0. The molecule has 14 heavy (non-hydrogen) atoms. The minimum absolute atomic E-state index is 0.0568. The summed E-state index contributed by atoms with van der Waals surface area (Å²) in [6.07, 6.45) is 2.11. The van der Waals surface area contributed by atoms with Gasteiger partial charge in [0.25, 0.3) is 0 Å². The maximum absolute atomic E-state index is 11.7. The van der Waals surface area contributed by atoms with Crippen LogP contribution in [0.3, 0.4) is 0 Å². The molecule has 0 spiro atoms. The molecule has 1 unspecified atom stereocenters. The summed E-state index contributed by atoms with van der Waals surface area (Å²) in [5, 5.41) is 0. The first-order chi connectivity index (χ1) is 6.52. The Morgan fingerprint density at radius 2 is 2.14 bits per heavy atom. The van der Waals surface area contributed by atoms with E-state index in [0.717, 1.165) is 12.8 Å². The largest absolute Gasteiger partial charge is 0.368 e. The Hall–Kier alpha value is -1.06. The highest BCUT2D eigenvalue weighted by Gasteiger charge is 2.32. The summed E-state index contributed by atoms with van der Waals surface area (Å²) in [6.45, 7) is 4.67. The molecule has 0 bridgehead atoms. The highest BCUT2D eigenvalue weighted by Crippen LogP contribution is 2.19. The summed E-state index contributed by atoms with van der Waals surface area (Å²) in [5.41, 5.74) is 5.22. The molecule has 2 amide bonds. The van der Waals surface area contributed by atoms with Crippen LogP contribution in [0.1, 0.15) is 33.1 Å². The highest BCUT2D eigenvalue weighted by atomic mass is 16.2. The van der Waals surface area contributed by atoms with E-state index in [9.17, 15) is 9.59 Å². The molecule has 1 atom stereocenters. The molecule has 80 valence electrons. The van der Waals surface area contributed by atoms with Gasteiger partial charge in [-0.1, -0.05) is 13.8 Å². The summed E-state index contributed by atoms with van der Waals surface area (Å²) in [7, 11) is 0. The highest BCUT2D eigenvalue weighted by molar-refractivity contribution is 5.87. The third kappa shape index (κ3) is 2.47. The van der Waals surface area contributed by atoms with Crippen LogP contribution >= 0.6 is 0 Å². The Labute approximate surface area is 84.4 Å². The van der Waals surface area contributed by atoms with Gasteiger partial charge in [-0.05, 0) is 18.8 Å². The second-order valence-electron chi connectivity index (χ2n) is 4.25. The topological polar surface area (TPSA) is 63.4 Å². The molecule has 0 saturated carbocycles. The number of amides is 2. The predicted octanol–water partition coefficient (Wildman–Crippen LogP) is 0.509. The van der Waals surface area contributed by atoms with E-state index in [0.29, 0.717) is 18.9 Å². The van der Waals surface area contributed by atoms with Crippen LogP contribution in [0.4, 0.5) is 0 Å². The van der Waals surface area contributed by atoms with Crippen LogP contribution < -0.4 is 5.73 Å². The lowest BCUT2D eigenvalue weighted by atomic mass is 10.1. The van der Waals surface area contributed by atoms with Crippen LogP contribution in [0.15, 0.2) is 0 Å². The molecule has 2 N–H and O–H groups in total. The van der Waals surface area contributed by atoms with Crippen molar-refractivity contribution in [2.45, 2.75) is 39.2 Å². The Bertz CT molecular complexity index is 238. The van der Waals surface area contributed by atoms with Gasteiger partial charge < -0.3 is 10.6 Å². The van der Waals surface area contributed by atoms with Crippen molar-refractivity contribution >= 4 is 11.8 Å². The van der Waals surface area contributed by atoms with Gasteiger partial charge in [-0.3, -0.25) is 9.59 Å². The van der Waals surface area contributed by atoms with E-state index in [2.05, 4.69) is 0 Å². The molecule has 0 aromatic rings. The molecule has 4 heteroatoms. The van der Waals surface area contributed by atoms with Gasteiger partial charge in [0.15, 0.2) is 0 Å². The average Bonchev–Trinajstić information content (AvgIpc) is 2.49. The minimum Gasteiger partial charge on any atom is -0.368 e. The standard InChI is InChI=1S/C10H18N2O2/c1-7(2)6-9(13)12-5-3-4-8(12)10(11)14/h7-8H,3-6H2,1-2H3,(H2,11,14). The molecule has 1 aliphatic heterocycles. The quantitative estimate of drug-likeness (QED) is 0.718. The van der Waals surface area contributed by atoms with Crippen LogP contribution in [0.2, 0.25) is 0 Å². The van der Waals surface area contributed by atoms with E-state index >= 15 is 0 Å². The monoisotopic (exact) mass is 198 g/mol. The number of nitrogens with zero attached hydrogens (tertiary/aromatic N) is 1. The lowest BCUT2D eigenvalue weighted by Crippen LogP contribution is -2.43. The second kappa shape index (κ2) is 4.44. The molecule has 0 aromatic carbocycles. The summed E-state index contributed by atoms with van der Waals surface area (Å²) in [5.74, 6) is 0.0116. The van der Waals surface area contributed by atoms with Crippen molar-refractivity contribution in [2.75, 3.05) is 6.54 Å². The fourth-order valence-electron chi connectivity index (χ4n) is 1.83. The SMILES string of the molecule is CC(C)CC(=O)N1CCCC1C(N)=O. The summed E-state index contributed by atoms with van der Waals surface area (Å²) < 4.78 is 0. The van der Waals surface area contributed by atoms with Gasteiger partial charge in [-0.15, -0.1) is 0 Å². The van der Waals surface area contributed by atoms with Gasteiger partial charge in [0.2, 0.25) is 11.8 Å². The number of hydrogen-bond donors (Lipinski definition) is 1. The average molecular weight is 198 g/mol. The van der Waals surface area contributed by atoms with Crippen molar-refractivity contribution in [2.24, 2.45) is 11.7 Å². The molecular weight excluding hydrogens is 180 g/mol. The molecule has 0 aliphatic carbocycles. The number of hydrogen-bond acceptors (Lipinski definition) is 2. The van der Waals surface area contributed by atoms with Crippen LogP contribution in [0, 0.1) is 5.92 Å². The minimum atomic E-state index is -0.375.